The van der Waals surface area contributed by atoms with Gasteiger partial charge in [-0.3, -0.25) is 0 Å². The Hall–Kier alpha value is -2.04. The van der Waals surface area contributed by atoms with E-state index in [-0.39, 0.29) is 0 Å². The zero-order valence-corrected chi connectivity index (χ0v) is 14.6. The summed E-state index contributed by atoms with van der Waals surface area (Å²) in [4.78, 5) is 0. The van der Waals surface area contributed by atoms with Crippen LogP contribution in [0.15, 0.2) is 54.6 Å². The molecule has 2 N–H and O–H groups in total. The highest BCUT2D eigenvalue weighted by molar-refractivity contribution is 5.31. The second-order valence-electron chi connectivity index (χ2n) is 6.60. The highest BCUT2D eigenvalue weighted by atomic mass is 16.5. The van der Waals surface area contributed by atoms with Crippen molar-refractivity contribution in [1.29, 1.82) is 0 Å². The molecular formula is C21H27NO3. The van der Waals surface area contributed by atoms with E-state index in [9.17, 15) is 5.11 Å². The van der Waals surface area contributed by atoms with Gasteiger partial charge < -0.3 is 19.9 Å². The van der Waals surface area contributed by atoms with Crippen LogP contribution in [0.25, 0.3) is 0 Å². The molecule has 2 aromatic carbocycles. The SMILES string of the molecule is OC(CNC1CCCC1)COc1ccc(OCc2ccccc2)cc1. The molecule has 0 aromatic heterocycles. The molecule has 0 saturated heterocycles. The normalized spacial score (nSPS) is 15.9. The summed E-state index contributed by atoms with van der Waals surface area (Å²) in [5.74, 6) is 1.55. The fourth-order valence-corrected chi connectivity index (χ4v) is 3.06. The predicted molar refractivity (Wildman–Crippen MR) is 99.0 cm³/mol. The number of aliphatic hydroxyl groups excluding tert-OH is 1. The summed E-state index contributed by atoms with van der Waals surface area (Å²) >= 11 is 0. The molecule has 0 heterocycles. The number of hydrogen-bond acceptors (Lipinski definition) is 4. The average molecular weight is 341 g/mol. The van der Waals surface area contributed by atoms with Crippen molar-refractivity contribution < 1.29 is 14.6 Å². The minimum atomic E-state index is -0.491. The molecule has 1 atom stereocenters. The molecule has 0 spiro atoms. The molecule has 1 fully saturated rings. The van der Waals surface area contributed by atoms with Crippen molar-refractivity contribution in [2.75, 3.05) is 13.2 Å². The molecule has 1 aliphatic rings. The first-order chi connectivity index (χ1) is 12.3. The zero-order chi connectivity index (χ0) is 17.3. The highest BCUT2D eigenvalue weighted by Gasteiger charge is 2.15. The van der Waals surface area contributed by atoms with Crippen molar-refractivity contribution in [2.45, 2.75) is 44.4 Å². The van der Waals surface area contributed by atoms with Crippen LogP contribution < -0.4 is 14.8 Å². The second kappa shape index (κ2) is 9.44. The lowest BCUT2D eigenvalue weighted by atomic mass is 10.2. The van der Waals surface area contributed by atoms with E-state index >= 15 is 0 Å². The molecule has 25 heavy (non-hydrogen) atoms. The topological polar surface area (TPSA) is 50.7 Å². The van der Waals surface area contributed by atoms with Gasteiger partial charge in [0.25, 0.3) is 0 Å². The van der Waals surface area contributed by atoms with Crippen molar-refractivity contribution in [3.05, 3.63) is 60.2 Å². The molecule has 1 unspecified atom stereocenters. The van der Waals surface area contributed by atoms with Gasteiger partial charge in [-0.2, -0.15) is 0 Å². The molecule has 0 amide bonds. The first kappa shape index (κ1) is 17.8. The van der Waals surface area contributed by atoms with E-state index in [1.807, 2.05) is 54.6 Å². The van der Waals surface area contributed by atoms with Crippen molar-refractivity contribution in [3.8, 4) is 11.5 Å². The Labute approximate surface area is 149 Å². The molecule has 1 aliphatic carbocycles. The summed E-state index contributed by atoms with van der Waals surface area (Å²) in [5, 5.41) is 13.4. The predicted octanol–water partition coefficient (Wildman–Crippen LogP) is 3.54. The van der Waals surface area contributed by atoms with Gasteiger partial charge in [-0.05, 0) is 42.7 Å². The van der Waals surface area contributed by atoms with E-state index < -0.39 is 6.10 Å². The Morgan fingerprint density at radius 1 is 0.920 bits per heavy atom. The molecule has 2 aromatic rings. The number of hydrogen-bond donors (Lipinski definition) is 2. The lowest BCUT2D eigenvalue weighted by molar-refractivity contribution is 0.104. The molecule has 0 aliphatic heterocycles. The summed E-state index contributed by atoms with van der Waals surface area (Å²) in [6.45, 7) is 1.43. The molecule has 134 valence electrons. The van der Waals surface area contributed by atoms with Gasteiger partial charge in [0.15, 0.2) is 0 Å². The second-order valence-corrected chi connectivity index (χ2v) is 6.60. The number of aliphatic hydroxyl groups is 1. The fourth-order valence-electron chi connectivity index (χ4n) is 3.06. The van der Waals surface area contributed by atoms with Crippen LogP contribution in [-0.2, 0) is 6.61 Å². The third-order valence-corrected chi connectivity index (χ3v) is 4.51. The van der Waals surface area contributed by atoms with E-state index in [1.165, 1.54) is 25.7 Å². The van der Waals surface area contributed by atoms with E-state index in [1.54, 1.807) is 0 Å². The lowest BCUT2D eigenvalue weighted by Crippen LogP contribution is -2.36. The smallest absolute Gasteiger partial charge is 0.120 e. The van der Waals surface area contributed by atoms with E-state index in [2.05, 4.69) is 5.32 Å². The summed E-state index contributed by atoms with van der Waals surface area (Å²) < 4.78 is 11.4. The maximum Gasteiger partial charge on any atom is 0.120 e. The molecule has 1 saturated carbocycles. The summed E-state index contributed by atoms with van der Waals surface area (Å²) in [7, 11) is 0. The van der Waals surface area contributed by atoms with Crippen LogP contribution in [-0.4, -0.2) is 30.4 Å². The number of rotatable bonds is 9. The van der Waals surface area contributed by atoms with E-state index in [4.69, 9.17) is 9.47 Å². The minimum absolute atomic E-state index is 0.296. The van der Waals surface area contributed by atoms with Gasteiger partial charge in [-0.25, -0.2) is 0 Å². The van der Waals surface area contributed by atoms with Gasteiger partial charge in [-0.1, -0.05) is 43.2 Å². The van der Waals surface area contributed by atoms with Crippen molar-refractivity contribution in [3.63, 3.8) is 0 Å². The number of ether oxygens (including phenoxy) is 2. The molecule has 4 heteroatoms. The first-order valence-electron chi connectivity index (χ1n) is 9.10. The van der Waals surface area contributed by atoms with Gasteiger partial charge in [0.05, 0.1) is 0 Å². The summed E-state index contributed by atoms with van der Waals surface area (Å²) in [5.41, 5.74) is 1.14. The zero-order valence-electron chi connectivity index (χ0n) is 14.6. The highest BCUT2D eigenvalue weighted by Crippen LogP contribution is 2.19. The third kappa shape index (κ3) is 6.07. The molecule has 4 nitrogen and oxygen atoms in total. The van der Waals surface area contributed by atoms with E-state index in [0.29, 0.717) is 25.8 Å². The number of benzene rings is 2. The van der Waals surface area contributed by atoms with Crippen LogP contribution in [0.1, 0.15) is 31.2 Å². The fraction of sp³-hybridized carbons (Fsp3) is 0.429. The Morgan fingerprint density at radius 3 is 2.24 bits per heavy atom. The van der Waals surface area contributed by atoms with Crippen LogP contribution >= 0.6 is 0 Å². The molecule has 3 rings (SSSR count). The maximum absolute atomic E-state index is 10.0. The average Bonchev–Trinajstić information content (AvgIpc) is 3.18. The Morgan fingerprint density at radius 2 is 1.56 bits per heavy atom. The van der Waals surface area contributed by atoms with Crippen LogP contribution in [0.5, 0.6) is 11.5 Å². The minimum Gasteiger partial charge on any atom is -0.491 e. The van der Waals surface area contributed by atoms with Gasteiger partial charge in [0, 0.05) is 12.6 Å². The van der Waals surface area contributed by atoms with Crippen LogP contribution in [0, 0.1) is 0 Å². The Balaban J connectivity index is 1.36. The van der Waals surface area contributed by atoms with E-state index in [0.717, 1.165) is 17.1 Å². The summed E-state index contributed by atoms with van der Waals surface area (Å²) in [6.07, 6.45) is 4.54. The van der Waals surface area contributed by atoms with Crippen LogP contribution in [0.4, 0.5) is 0 Å². The molecule has 0 radical (unpaired) electrons. The molecule has 0 bridgehead atoms. The van der Waals surface area contributed by atoms with Gasteiger partial charge in [0.2, 0.25) is 0 Å². The van der Waals surface area contributed by atoms with Crippen molar-refractivity contribution in [1.82, 2.24) is 5.32 Å². The number of nitrogens with one attached hydrogen (secondary N) is 1. The quantitative estimate of drug-likeness (QED) is 0.732. The third-order valence-electron chi connectivity index (χ3n) is 4.51. The lowest BCUT2D eigenvalue weighted by Gasteiger charge is -2.16. The molecular weight excluding hydrogens is 314 g/mol. The van der Waals surface area contributed by atoms with Gasteiger partial charge in [-0.15, -0.1) is 0 Å². The monoisotopic (exact) mass is 341 g/mol. The first-order valence-corrected chi connectivity index (χ1v) is 9.10. The van der Waals surface area contributed by atoms with Gasteiger partial charge >= 0.3 is 0 Å². The van der Waals surface area contributed by atoms with Crippen LogP contribution in [0.3, 0.4) is 0 Å². The van der Waals surface area contributed by atoms with Gasteiger partial charge in [0.1, 0.15) is 30.8 Å². The Kier molecular flexibility index (Phi) is 6.71. The Bertz CT molecular complexity index is 609. The maximum atomic E-state index is 10.0. The van der Waals surface area contributed by atoms with Crippen molar-refractivity contribution >= 4 is 0 Å². The summed E-state index contributed by atoms with van der Waals surface area (Å²) in [6, 6.07) is 18.2. The largest absolute Gasteiger partial charge is 0.491 e. The van der Waals surface area contributed by atoms with Crippen molar-refractivity contribution in [2.24, 2.45) is 0 Å². The van der Waals surface area contributed by atoms with Crippen LogP contribution in [0.2, 0.25) is 0 Å². The standard InChI is InChI=1S/C21H27NO3/c23-19(14-22-18-8-4-5-9-18)16-25-21-12-10-20(11-13-21)24-15-17-6-2-1-3-7-17/h1-3,6-7,10-13,18-19,22-23H,4-5,8-9,14-16H2.